The maximum Gasteiger partial charge on any atom is 0.224 e. The summed E-state index contributed by atoms with van der Waals surface area (Å²) in [6.07, 6.45) is 5.34. The van der Waals surface area contributed by atoms with E-state index < -0.39 is 0 Å². The molecule has 4 heteroatoms. The quantitative estimate of drug-likeness (QED) is 0.800. The van der Waals surface area contributed by atoms with Crippen LogP contribution >= 0.6 is 0 Å². The highest BCUT2D eigenvalue weighted by molar-refractivity contribution is 5.79. The maximum absolute atomic E-state index is 11.8. The number of nitrogens with one attached hydrogen (secondary N) is 1. The third-order valence-electron chi connectivity index (χ3n) is 3.16. The number of hydrogen-bond acceptors (Lipinski definition) is 3. The zero-order chi connectivity index (χ0) is 11.4. The minimum absolute atomic E-state index is 0.0107. The molecule has 0 aliphatic heterocycles. The first-order valence-electron chi connectivity index (χ1n) is 5.83. The first-order chi connectivity index (χ1) is 7.77. The summed E-state index contributed by atoms with van der Waals surface area (Å²) in [5, 5.41) is 2.91. The van der Waals surface area contributed by atoms with Gasteiger partial charge in [-0.25, -0.2) is 0 Å². The van der Waals surface area contributed by atoms with Gasteiger partial charge in [0.1, 0.15) is 5.76 Å². The largest absolute Gasteiger partial charge is 0.469 e. The molecule has 3 N–H and O–H groups in total. The molecule has 2 unspecified atom stereocenters. The van der Waals surface area contributed by atoms with Gasteiger partial charge in [0.05, 0.1) is 12.2 Å². The van der Waals surface area contributed by atoms with E-state index in [1.165, 1.54) is 0 Å². The summed E-state index contributed by atoms with van der Waals surface area (Å²) in [5.41, 5.74) is 5.87. The Morgan fingerprint density at radius 2 is 2.44 bits per heavy atom. The van der Waals surface area contributed by atoms with Crippen molar-refractivity contribution in [1.29, 1.82) is 0 Å². The zero-order valence-corrected chi connectivity index (χ0v) is 9.32. The Balaban J connectivity index is 1.71. The van der Waals surface area contributed by atoms with Crippen LogP contribution < -0.4 is 11.1 Å². The molecule has 1 saturated carbocycles. The SMILES string of the molecule is NC1CCCC1C(=O)NCCc1ccco1. The molecule has 2 atom stereocenters. The molecule has 1 amide bonds. The fourth-order valence-electron chi connectivity index (χ4n) is 2.21. The highest BCUT2D eigenvalue weighted by Gasteiger charge is 2.29. The van der Waals surface area contributed by atoms with Gasteiger partial charge in [0.2, 0.25) is 5.91 Å². The van der Waals surface area contributed by atoms with Crippen molar-refractivity contribution in [1.82, 2.24) is 5.32 Å². The second-order valence-corrected chi connectivity index (χ2v) is 4.32. The molecule has 0 bridgehead atoms. The normalized spacial score (nSPS) is 24.6. The molecule has 4 nitrogen and oxygen atoms in total. The number of nitrogens with two attached hydrogens (primary N) is 1. The third kappa shape index (κ3) is 2.64. The number of amides is 1. The second kappa shape index (κ2) is 5.16. The fourth-order valence-corrected chi connectivity index (χ4v) is 2.21. The molecular formula is C12H18N2O2. The van der Waals surface area contributed by atoms with Crippen LogP contribution in [0.3, 0.4) is 0 Å². The Morgan fingerprint density at radius 1 is 1.56 bits per heavy atom. The van der Waals surface area contributed by atoms with Gasteiger partial charge >= 0.3 is 0 Å². The molecule has 0 radical (unpaired) electrons. The number of furan rings is 1. The molecule has 2 rings (SSSR count). The highest BCUT2D eigenvalue weighted by Crippen LogP contribution is 2.23. The molecule has 1 heterocycles. The monoisotopic (exact) mass is 222 g/mol. The lowest BCUT2D eigenvalue weighted by Crippen LogP contribution is -2.39. The van der Waals surface area contributed by atoms with Crippen LogP contribution in [-0.2, 0) is 11.2 Å². The molecule has 1 aromatic rings. The fraction of sp³-hybridized carbons (Fsp3) is 0.583. The summed E-state index contributed by atoms with van der Waals surface area (Å²) in [5.74, 6) is 1.00. The van der Waals surface area contributed by atoms with Gasteiger partial charge in [-0.2, -0.15) is 0 Å². The van der Waals surface area contributed by atoms with Crippen LogP contribution in [0.25, 0.3) is 0 Å². The van der Waals surface area contributed by atoms with Crippen LogP contribution in [0.2, 0.25) is 0 Å². The van der Waals surface area contributed by atoms with Gasteiger partial charge in [0.15, 0.2) is 0 Å². The molecule has 0 saturated heterocycles. The van der Waals surface area contributed by atoms with E-state index in [-0.39, 0.29) is 17.9 Å². The first kappa shape index (κ1) is 11.2. The Hall–Kier alpha value is -1.29. The van der Waals surface area contributed by atoms with Gasteiger partial charge in [0, 0.05) is 19.0 Å². The van der Waals surface area contributed by atoms with E-state index >= 15 is 0 Å². The van der Waals surface area contributed by atoms with Crippen molar-refractivity contribution in [3.05, 3.63) is 24.2 Å². The second-order valence-electron chi connectivity index (χ2n) is 4.32. The molecule has 1 aromatic heterocycles. The minimum atomic E-state index is 0.0107. The van der Waals surface area contributed by atoms with E-state index in [0.717, 1.165) is 31.4 Å². The molecule has 0 aromatic carbocycles. The number of hydrogen-bond donors (Lipinski definition) is 2. The van der Waals surface area contributed by atoms with Crippen molar-refractivity contribution in [3.63, 3.8) is 0 Å². The van der Waals surface area contributed by atoms with E-state index in [2.05, 4.69) is 5.32 Å². The number of carbonyl (C=O) groups excluding carboxylic acids is 1. The van der Waals surface area contributed by atoms with Crippen LogP contribution in [0.4, 0.5) is 0 Å². The van der Waals surface area contributed by atoms with Crippen LogP contribution in [0.5, 0.6) is 0 Å². The summed E-state index contributed by atoms with van der Waals surface area (Å²) < 4.78 is 5.19. The summed E-state index contributed by atoms with van der Waals surface area (Å²) in [4.78, 5) is 11.8. The summed E-state index contributed by atoms with van der Waals surface area (Å²) in [6.45, 7) is 0.621. The van der Waals surface area contributed by atoms with Gasteiger partial charge in [-0.15, -0.1) is 0 Å². The predicted octanol–water partition coefficient (Wildman–Crippen LogP) is 1.07. The molecule has 1 aliphatic rings. The molecular weight excluding hydrogens is 204 g/mol. The van der Waals surface area contributed by atoms with E-state index in [1.54, 1.807) is 6.26 Å². The number of carbonyl (C=O) groups is 1. The highest BCUT2D eigenvalue weighted by atomic mass is 16.3. The average Bonchev–Trinajstić information content (AvgIpc) is 2.88. The Morgan fingerprint density at radius 3 is 3.06 bits per heavy atom. The lowest BCUT2D eigenvalue weighted by atomic mass is 10.0. The van der Waals surface area contributed by atoms with E-state index in [9.17, 15) is 4.79 Å². The van der Waals surface area contributed by atoms with Crippen molar-refractivity contribution < 1.29 is 9.21 Å². The summed E-state index contributed by atoms with van der Waals surface area (Å²) in [6, 6.07) is 3.81. The Kier molecular flexibility index (Phi) is 3.62. The van der Waals surface area contributed by atoms with Crippen LogP contribution in [0, 0.1) is 5.92 Å². The average molecular weight is 222 g/mol. The van der Waals surface area contributed by atoms with Gasteiger partial charge < -0.3 is 15.5 Å². The van der Waals surface area contributed by atoms with Gasteiger partial charge in [-0.3, -0.25) is 4.79 Å². The first-order valence-corrected chi connectivity index (χ1v) is 5.83. The lowest BCUT2D eigenvalue weighted by molar-refractivity contribution is -0.125. The topological polar surface area (TPSA) is 68.3 Å². The van der Waals surface area contributed by atoms with Crippen molar-refractivity contribution in [2.75, 3.05) is 6.54 Å². The maximum atomic E-state index is 11.8. The standard InChI is InChI=1S/C12H18N2O2/c13-11-5-1-4-10(11)12(15)14-7-6-9-3-2-8-16-9/h2-3,8,10-11H,1,4-7,13H2,(H,14,15). The number of rotatable bonds is 4. The third-order valence-corrected chi connectivity index (χ3v) is 3.16. The van der Waals surface area contributed by atoms with E-state index in [4.69, 9.17) is 10.2 Å². The van der Waals surface area contributed by atoms with Gasteiger partial charge in [0.25, 0.3) is 0 Å². The molecule has 0 spiro atoms. The lowest BCUT2D eigenvalue weighted by Gasteiger charge is -2.14. The Bertz CT molecular complexity index is 335. The molecule has 1 fully saturated rings. The minimum Gasteiger partial charge on any atom is -0.469 e. The summed E-state index contributed by atoms with van der Waals surface area (Å²) >= 11 is 0. The summed E-state index contributed by atoms with van der Waals surface area (Å²) in [7, 11) is 0. The van der Waals surface area contributed by atoms with E-state index in [0.29, 0.717) is 6.54 Å². The van der Waals surface area contributed by atoms with Crippen LogP contribution in [0.15, 0.2) is 22.8 Å². The van der Waals surface area contributed by atoms with Crippen molar-refractivity contribution >= 4 is 5.91 Å². The van der Waals surface area contributed by atoms with Crippen molar-refractivity contribution in [2.24, 2.45) is 11.7 Å². The van der Waals surface area contributed by atoms with Crippen molar-refractivity contribution in [2.45, 2.75) is 31.7 Å². The van der Waals surface area contributed by atoms with E-state index in [1.807, 2.05) is 12.1 Å². The molecule has 1 aliphatic carbocycles. The smallest absolute Gasteiger partial charge is 0.224 e. The Labute approximate surface area is 95.2 Å². The van der Waals surface area contributed by atoms with Crippen LogP contribution in [-0.4, -0.2) is 18.5 Å². The van der Waals surface area contributed by atoms with Crippen LogP contribution in [0.1, 0.15) is 25.0 Å². The zero-order valence-electron chi connectivity index (χ0n) is 9.32. The van der Waals surface area contributed by atoms with Crippen molar-refractivity contribution in [3.8, 4) is 0 Å². The van der Waals surface area contributed by atoms with Gasteiger partial charge in [-0.1, -0.05) is 6.42 Å². The molecule has 88 valence electrons. The predicted molar refractivity (Wildman–Crippen MR) is 60.7 cm³/mol. The molecule has 16 heavy (non-hydrogen) atoms. The van der Waals surface area contributed by atoms with Gasteiger partial charge in [-0.05, 0) is 25.0 Å².